The number of hydrogen-bond donors (Lipinski definition) is 1. The minimum atomic E-state index is -0.266. The van der Waals surface area contributed by atoms with E-state index in [1.54, 1.807) is 0 Å². The van der Waals surface area contributed by atoms with Gasteiger partial charge in [-0.1, -0.05) is 6.07 Å². The molecule has 2 saturated heterocycles. The molecular formula is C19H26N2O2S. The Balaban J connectivity index is 1.43. The molecule has 1 N–H and O–H groups in total. The predicted octanol–water partition coefficient (Wildman–Crippen LogP) is 3.06. The van der Waals surface area contributed by atoms with Crippen LogP contribution in [0.3, 0.4) is 0 Å². The van der Waals surface area contributed by atoms with E-state index in [0.29, 0.717) is 6.61 Å². The number of fused-ring (bicyclic) bond motifs is 1. The SMILES string of the molecule is O=C(Nc1ccc2c(c1)CN(C1CCSCC1)CC2)C1CCCO1. The third-order valence-corrected chi connectivity index (χ3v) is 6.49. The second-order valence-electron chi connectivity index (χ2n) is 7.04. The Labute approximate surface area is 148 Å². The van der Waals surface area contributed by atoms with Crippen molar-refractivity contribution in [2.24, 2.45) is 0 Å². The van der Waals surface area contributed by atoms with Crippen LogP contribution in [-0.4, -0.2) is 47.6 Å². The molecule has 3 heterocycles. The van der Waals surface area contributed by atoms with Crippen LogP contribution >= 0.6 is 11.8 Å². The zero-order valence-corrected chi connectivity index (χ0v) is 14.9. The van der Waals surface area contributed by atoms with E-state index in [1.807, 2.05) is 6.07 Å². The summed E-state index contributed by atoms with van der Waals surface area (Å²) in [4.78, 5) is 14.9. The number of rotatable bonds is 3. The Morgan fingerprint density at radius 1 is 1.21 bits per heavy atom. The number of nitrogens with zero attached hydrogens (tertiary/aromatic N) is 1. The summed E-state index contributed by atoms with van der Waals surface area (Å²) < 4.78 is 5.47. The van der Waals surface area contributed by atoms with Crippen LogP contribution in [-0.2, 0) is 22.5 Å². The average molecular weight is 346 g/mol. The largest absolute Gasteiger partial charge is 0.368 e. The molecule has 3 aliphatic rings. The van der Waals surface area contributed by atoms with Gasteiger partial charge in [-0.05, 0) is 66.9 Å². The molecule has 4 nitrogen and oxygen atoms in total. The Kier molecular flexibility index (Phi) is 5.11. The molecule has 1 aromatic rings. The van der Waals surface area contributed by atoms with Gasteiger partial charge in [0.15, 0.2) is 0 Å². The number of thioether (sulfide) groups is 1. The smallest absolute Gasteiger partial charge is 0.253 e. The normalized spacial score (nSPS) is 25.4. The summed E-state index contributed by atoms with van der Waals surface area (Å²) in [6, 6.07) is 7.14. The molecule has 130 valence electrons. The number of amides is 1. The lowest BCUT2D eigenvalue weighted by molar-refractivity contribution is -0.124. The first kappa shape index (κ1) is 16.4. The second-order valence-corrected chi connectivity index (χ2v) is 8.26. The first-order valence-corrected chi connectivity index (χ1v) is 10.3. The van der Waals surface area contributed by atoms with Crippen LogP contribution < -0.4 is 5.32 Å². The molecule has 5 heteroatoms. The summed E-state index contributed by atoms with van der Waals surface area (Å²) in [5.74, 6) is 2.60. The van der Waals surface area contributed by atoms with Crippen molar-refractivity contribution in [1.82, 2.24) is 4.90 Å². The fourth-order valence-electron chi connectivity index (χ4n) is 4.03. The Bertz CT molecular complexity index is 595. The molecule has 0 saturated carbocycles. The van der Waals surface area contributed by atoms with Gasteiger partial charge in [0.05, 0.1) is 0 Å². The van der Waals surface area contributed by atoms with Crippen molar-refractivity contribution in [3.63, 3.8) is 0 Å². The Morgan fingerprint density at radius 3 is 2.88 bits per heavy atom. The Hall–Kier alpha value is -1.04. The van der Waals surface area contributed by atoms with Gasteiger partial charge in [0.2, 0.25) is 0 Å². The van der Waals surface area contributed by atoms with Gasteiger partial charge in [0, 0.05) is 31.4 Å². The van der Waals surface area contributed by atoms with Crippen molar-refractivity contribution in [3.8, 4) is 0 Å². The number of nitrogens with one attached hydrogen (secondary N) is 1. The van der Waals surface area contributed by atoms with E-state index >= 15 is 0 Å². The van der Waals surface area contributed by atoms with E-state index in [4.69, 9.17) is 4.74 Å². The van der Waals surface area contributed by atoms with E-state index in [2.05, 4.69) is 34.1 Å². The summed E-state index contributed by atoms with van der Waals surface area (Å²) in [6.45, 7) is 2.90. The van der Waals surface area contributed by atoms with Crippen LogP contribution in [0.2, 0.25) is 0 Å². The highest BCUT2D eigenvalue weighted by Crippen LogP contribution is 2.29. The van der Waals surface area contributed by atoms with Gasteiger partial charge in [-0.25, -0.2) is 0 Å². The van der Waals surface area contributed by atoms with E-state index in [9.17, 15) is 4.79 Å². The molecule has 1 unspecified atom stereocenters. The fraction of sp³-hybridized carbons (Fsp3) is 0.632. The molecule has 3 aliphatic heterocycles. The lowest BCUT2D eigenvalue weighted by atomic mass is 9.96. The summed E-state index contributed by atoms with van der Waals surface area (Å²) in [7, 11) is 0. The second kappa shape index (κ2) is 7.46. The number of hydrogen-bond acceptors (Lipinski definition) is 4. The maximum atomic E-state index is 12.2. The van der Waals surface area contributed by atoms with Crippen molar-refractivity contribution in [2.45, 2.75) is 50.8 Å². The van der Waals surface area contributed by atoms with Crippen molar-refractivity contribution >= 4 is 23.4 Å². The predicted molar refractivity (Wildman–Crippen MR) is 98.5 cm³/mol. The molecule has 0 aliphatic carbocycles. The van der Waals surface area contributed by atoms with Gasteiger partial charge in [-0.15, -0.1) is 0 Å². The number of anilines is 1. The Morgan fingerprint density at radius 2 is 2.08 bits per heavy atom. The standard InChI is InChI=1S/C19H26N2O2S/c22-19(18-2-1-9-23-18)20-16-4-3-14-5-8-21(13-15(14)12-16)17-6-10-24-11-7-17/h3-4,12,17-18H,1-2,5-11,13H2,(H,20,22). The van der Waals surface area contributed by atoms with E-state index in [-0.39, 0.29) is 12.0 Å². The van der Waals surface area contributed by atoms with Crippen molar-refractivity contribution in [2.75, 3.05) is 30.0 Å². The lowest BCUT2D eigenvalue weighted by Gasteiger charge is -2.37. The van der Waals surface area contributed by atoms with Crippen molar-refractivity contribution < 1.29 is 9.53 Å². The van der Waals surface area contributed by atoms with Gasteiger partial charge in [0.1, 0.15) is 6.10 Å². The molecule has 1 aromatic carbocycles. The van der Waals surface area contributed by atoms with Crippen LogP contribution in [0.4, 0.5) is 5.69 Å². The molecule has 4 rings (SSSR count). The molecule has 0 aromatic heterocycles. The molecule has 0 bridgehead atoms. The molecule has 0 spiro atoms. The summed E-state index contributed by atoms with van der Waals surface area (Å²) in [6.07, 6.45) is 5.31. The summed E-state index contributed by atoms with van der Waals surface area (Å²) in [5, 5.41) is 3.04. The van der Waals surface area contributed by atoms with Crippen LogP contribution in [0, 0.1) is 0 Å². The number of carbonyl (C=O) groups excluding carboxylic acids is 1. The zero-order chi connectivity index (χ0) is 16.4. The first-order valence-electron chi connectivity index (χ1n) is 9.16. The molecular weight excluding hydrogens is 320 g/mol. The first-order chi connectivity index (χ1) is 11.8. The maximum Gasteiger partial charge on any atom is 0.253 e. The van der Waals surface area contributed by atoms with Gasteiger partial charge < -0.3 is 10.1 Å². The van der Waals surface area contributed by atoms with Crippen LogP contribution in [0.5, 0.6) is 0 Å². The third-order valence-electron chi connectivity index (χ3n) is 5.44. The summed E-state index contributed by atoms with van der Waals surface area (Å²) >= 11 is 2.08. The quantitative estimate of drug-likeness (QED) is 0.913. The highest BCUT2D eigenvalue weighted by atomic mass is 32.2. The molecule has 1 atom stereocenters. The van der Waals surface area contributed by atoms with Gasteiger partial charge in [-0.3, -0.25) is 9.69 Å². The third kappa shape index (κ3) is 3.63. The minimum absolute atomic E-state index is 0.00409. The number of carbonyl (C=O) groups is 1. The van der Waals surface area contributed by atoms with Gasteiger partial charge >= 0.3 is 0 Å². The highest BCUT2D eigenvalue weighted by molar-refractivity contribution is 7.99. The maximum absolute atomic E-state index is 12.2. The van der Waals surface area contributed by atoms with Crippen molar-refractivity contribution in [3.05, 3.63) is 29.3 Å². The van der Waals surface area contributed by atoms with Gasteiger partial charge in [0.25, 0.3) is 5.91 Å². The molecule has 1 amide bonds. The number of benzene rings is 1. The number of ether oxygens (including phenoxy) is 1. The minimum Gasteiger partial charge on any atom is -0.368 e. The average Bonchev–Trinajstić information content (AvgIpc) is 3.17. The van der Waals surface area contributed by atoms with Crippen LogP contribution in [0.1, 0.15) is 36.8 Å². The zero-order valence-electron chi connectivity index (χ0n) is 14.1. The van der Waals surface area contributed by atoms with Crippen molar-refractivity contribution in [1.29, 1.82) is 0 Å². The molecule has 24 heavy (non-hydrogen) atoms. The molecule has 2 fully saturated rings. The molecule has 0 radical (unpaired) electrons. The highest BCUT2D eigenvalue weighted by Gasteiger charge is 2.26. The monoisotopic (exact) mass is 346 g/mol. The van der Waals surface area contributed by atoms with Crippen LogP contribution in [0.15, 0.2) is 18.2 Å². The van der Waals surface area contributed by atoms with Crippen LogP contribution in [0.25, 0.3) is 0 Å². The summed E-state index contributed by atoms with van der Waals surface area (Å²) in [5.41, 5.74) is 3.73. The van der Waals surface area contributed by atoms with Gasteiger partial charge in [-0.2, -0.15) is 11.8 Å². The topological polar surface area (TPSA) is 41.6 Å². The lowest BCUT2D eigenvalue weighted by Crippen LogP contribution is -2.41. The van der Waals surface area contributed by atoms with E-state index in [0.717, 1.165) is 37.5 Å². The van der Waals surface area contributed by atoms with E-state index < -0.39 is 0 Å². The van der Waals surface area contributed by atoms with E-state index in [1.165, 1.54) is 42.0 Å². The fourth-order valence-corrected chi connectivity index (χ4v) is 5.11.